The monoisotopic (exact) mass is 364 g/mol. The minimum atomic E-state index is 0.257. The van der Waals surface area contributed by atoms with Crippen molar-refractivity contribution in [3.63, 3.8) is 0 Å². The van der Waals surface area contributed by atoms with Crippen LogP contribution in [-0.4, -0.2) is 35.6 Å². The van der Waals surface area contributed by atoms with Crippen LogP contribution in [0.4, 0.5) is 17.7 Å². The van der Waals surface area contributed by atoms with Crippen molar-refractivity contribution in [2.24, 2.45) is 7.05 Å². The molecule has 4 rings (SSSR count). The zero-order chi connectivity index (χ0) is 19.0. The van der Waals surface area contributed by atoms with Crippen molar-refractivity contribution in [1.29, 1.82) is 0 Å². The van der Waals surface area contributed by atoms with E-state index in [-0.39, 0.29) is 6.04 Å². The summed E-state index contributed by atoms with van der Waals surface area (Å²) in [6.07, 6.45) is 2.82. The highest BCUT2D eigenvalue weighted by Gasteiger charge is 2.16. The van der Waals surface area contributed by atoms with Crippen LogP contribution >= 0.6 is 0 Å². The van der Waals surface area contributed by atoms with Crippen LogP contribution in [0.1, 0.15) is 33.2 Å². The van der Waals surface area contributed by atoms with E-state index < -0.39 is 0 Å². The van der Waals surface area contributed by atoms with Gasteiger partial charge in [0.05, 0.1) is 17.4 Å². The summed E-state index contributed by atoms with van der Waals surface area (Å²) in [6.45, 7) is 7.17. The number of para-hydroxylation sites is 2. The van der Waals surface area contributed by atoms with Crippen molar-refractivity contribution in [3.8, 4) is 0 Å². The highest BCUT2D eigenvalue weighted by Crippen LogP contribution is 2.25. The molecule has 3 heterocycles. The molecule has 0 amide bonds. The predicted octanol–water partition coefficient (Wildman–Crippen LogP) is 3.86. The SMILES string of the molecule is CCCNc1nc(Nc2nc3ccccc3n2C)nc2c1ncn2C(C)C. The molecule has 140 valence electrons. The van der Waals surface area contributed by atoms with E-state index in [4.69, 9.17) is 4.98 Å². The molecule has 0 spiro atoms. The van der Waals surface area contributed by atoms with Gasteiger partial charge in [0.15, 0.2) is 17.0 Å². The van der Waals surface area contributed by atoms with Gasteiger partial charge in [-0.05, 0) is 32.4 Å². The highest BCUT2D eigenvalue weighted by molar-refractivity contribution is 5.85. The molecule has 0 aliphatic rings. The average Bonchev–Trinajstić information content (AvgIpc) is 3.22. The first-order valence-electron chi connectivity index (χ1n) is 9.25. The maximum absolute atomic E-state index is 4.72. The number of imidazole rings is 2. The number of aromatic nitrogens is 6. The summed E-state index contributed by atoms with van der Waals surface area (Å²) >= 11 is 0. The second-order valence-electron chi connectivity index (χ2n) is 6.85. The van der Waals surface area contributed by atoms with Crippen LogP contribution in [0.2, 0.25) is 0 Å². The van der Waals surface area contributed by atoms with E-state index in [0.717, 1.165) is 41.0 Å². The van der Waals surface area contributed by atoms with Crippen molar-refractivity contribution in [2.75, 3.05) is 17.2 Å². The summed E-state index contributed by atoms with van der Waals surface area (Å²) < 4.78 is 4.05. The molecule has 4 aromatic rings. The number of nitrogens with one attached hydrogen (secondary N) is 2. The summed E-state index contributed by atoms with van der Waals surface area (Å²) in [4.78, 5) is 18.5. The number of nitrogens with zero attached hydrogens (tertiary/aromatic N) is 6. The third-order valence-corrected chi connectivity index (χ3v) is 4.53. The van der Waals surface area contributed by atoms with Gasteiger partial charge in [0.1, 0.15) is 0 Å². The van der Waals surface area contributed by atoms with Crippen LogP contribution in [0.15, 0.2) is 30.6 Å². The summed E-state index contributed by atoms with van der Waals surface area (Å²) in [5.41, 5.74) is 3.57. The third-order valence-electron chi connectivity index (χ3n) is 4.53. The molecule has 0 atom stereocenters. The van der Waals surface area contributed by atoms with Gasteiger partial charge in [-0.2, -0.15) is 9.97 Å². The normalized spacial score (nSPS) is 11.6. The molecule has 1 aromatic carbocycles. The Kier molecular flexibility index (Phi) is 4.39. The molecule has 0 fully saturated rings. The number of hydrogen-bond donors (Lipinski definition) is 2. The number of benzene rings is 1. The van der Waals surface area contributed by atoms with Crippen LogP contribution in [0.5, 0.6) is 0 Å². The van der Waals surface area contributed by atoms with E-state index in [1.54, 1.807) is 0 Å². The molecule has 0 aliphatic carbocycles. The number of aryl methyl sites for hydroxylation is 1. The first kappa shape index (κ1) is 17.3. The molecule has 0 aliphatic heterocycles. The van der Waals surface area contributed by atoms with Gasteiger partial charge in [-0.3, -0.25) is 5.32 Å². The van der Waals surface area contributed by atoms with Crippen molar-refractivity contribution in [1.82, 2.24) is 29.1 Å². The van der Waals surface area contributed by atoms with Crippen LogP contribution in [0.25, 0.3) is 22.2 Å². The Morgan fingerprint density at radius 3 is 2.67 bits per heavy atom. The summed E-state index contributed by atoms with van der Waals surface area (Å²) in [7, 11) is 1.98. The Morgan fingerprint density at radius 2 is 1.93 bits per heavy atom. The quantitative estimate of drug-likeness (QED) is 0.540. The van der Waals surface area contributed by atoms with Gasteiger partial charge < -0.3 is 14.5 Å². The molecule has 0 radical (unpaired) electrons. The van der Waals surface area contributed by atoms with Gasteiger partial charge in [0.25, 0.3) is 0 Å². The molecule has 0 saturated heterocycles. The molecule has 2 N–H and O–H groups in total. The van der Waals surface area contributed by atoms with E-state index in [1.807, 2.05) is 46.8 Å². The predicted molar refractivity (Wildman–Crippen MR) is 108 cm³/mol. The molecule has 0 unspecified atom stereocenters. The van der Waals surface area contributed by atoms with Crippen LogP contribution in [0, 0.1) is 0 Å². The molecule has 0 saturated carbocycles. The Balaban J connectivity index is 1.80. The third kappa shape index (κ3) is 3.07. The fraction of sp³-hybridized carbons (Fsp3) is 0.368. The van der Waals surface area contributed by atoms with E-state index in [2.05, 4.69) is 46.4 Å². The van der Waals surface area contributed by atoms with E-state index in [0.29, 0.717) is 11.9 Å². The average molecular weight is 364 g/mol. The Bertz CT molecular complexity index is 1090. The zero-order valence-corrected chi connectivity index (χ0v) is 16.1. The second kappa shape index (κ2) is 6.86. The lowest BCUT2D eigenvalue weighted by atomic mass is 10.3. The first-order valence-corrected chi connectivity index (χ1v) is 9.25. The number of rotatable bonds is 6. The first-order chi connectivity index (χ1) is 13.1. The van der Waals surface area contributed by atoms with Crippen LogP contribution in [0.3, 0.4) is 0 Å². The van der Waals surface area contributed by atoms with Gasteiger partial charge in [-0.1, -0.05) is 19.1 Å². The van der Waals surface area contributed by atoms with Gasteiger partial charge in [0, 0.05) is 19.6 Å². The second-order valence-corrected chi connectivity index (χ2v) is 6.85. The van der Waals surface area contributed by atoms with Gasteiger partial charge in [-0.25, -0.2) is 9.97 Å². The van der Waals surface area contributed by atoms with E-state index in [9.17, 15) is 0 Å². The molecule has 0 bridgehead atoms. The lowest BCUT2D eigenvalue weighted by Gasteiger charge is -2.11. The lowest BCUT2D eigenvalue weighted by molar-refractivity contribution is 0.613. The molecule has 27 heavy (non-hydrogen) atoms. The lowest BCUT2D eigenvalue weighted by Crippen LogP contribution is -2.09. The number of anilines is 3. The molecule has 3 aromatic heterocycles. The van der Waals surface area contributed by atoms with Crippen molar-refractivity contribution < 1.29 is 0 Å². The fourth-order valence-corrected chi connectivity index (χ4v) is 3.07. The van der Waals surface area contributed by atoms with Gasteiger partial charge >= 0.3 is 0 Å². The summed E-state index contributed by atoms with van der Waals surface area (Å²) in [6, 6.07) is 8.28. The Morgan fingerprint density at radius 1 is 1.11 bits per heavy atom. The number of fused-ring (bicyclic) bond motifs is 2. The van der Waals surface area contributed by atoms with Crippen molar-refractivity contribution in [2.45, 2.75) is 33.2 Å². The van der Waals surface area contributed by atoms with Crippen molar-refractivity contribution in [3.05, 3.63) is 30.6 Å². The van der Waals surface area contributed by atoms with Crippen LogP contribution in [-0.2, 0) is 7.05 Å². The summed E-state index contributed by atoms with van der Waals surface area (Å²) in [5.74, 6) is 1.94. The highest BCUT2D eigenvalue weighted by atomic mass is 15.3. The maximum Gasteiger partial charge on any atom is 0.233 e. The smallest absolute Gasteiger partial charge is 0.233 e. The minimum absolute atomic E-state index is 0.257. The van der Waals surface area contributed by atoms with Gasteiger partial charge in [0.2, 0.25) is 11.9 Å². The van der Waals surface area contributed by atoms with Crippen LogP contribution < -0.4 is 10.6 Å². The fourth-order valence-electron chi connectivity index (χ4n) is 3.07. The molecular formula is C19H24N8. The Hall–Kier alpha value is -3.16. The summed E-state index contributed by atoms with van der Waals surface area (Å²) in [5, 5.41) is 6.64. The van der Waals surface area contributed by atoms with E-state index in [1.165, 1.54) is 0 Å². The topological polar surface area (TPSA) is 85.5 Å². The number of hydrogen-bond acceptors (Lipinski definition) is 6. The molecule has 8 nitrogen and oxygen atoms in total. The zero-order valence-electron chi connectivity index (χ0n) is 16.1. The maximum atomic E-state index is 4.72. The minimum Gasteiger partial charge on any atom is -0.368 e. The molecule has 8 heteroatoms. The standard InChI is InChI=1S/C19H24N8/c1-5-10-20-16-15-17(27(11-21-15)12(2)3)24-18(23-16)25-19-22-13-8-6-7-9-14(13)26(19)4/h6-9,11-12H,5,10H2,1-4H3,(H2,20,22,23,24,25). The van der Waals surface area contributed by atoms with Gasteiger partial charge in [-0.15, -0.1) is 0 Å². The Labute approximate surface area is 157 Å². The van der Waals surface area contributed by atoms with E-state index >= 15 is 0 Å². The van der Waals surface area contributed by atoms with Crippen molar-refractivity contribution >= 4 is 39.9 Å². The molecular weight excluding hydrogens is 340 g/mol. The largest absolute Gasteiger partial charge is 0.368 e.